The first-order valence-corrected chi connectivity index (χ1v) is 28.8. The van der Waals surface area contributed by atoms with E-state index in [1.807, 2.05) is 0 Å². The molecule has 68 heavy (non-hydrogen) atoms. The first-order valence-electron chi connectivity index (χ1n) is 28.8. The summed E-state index contributed by atoms with van der Waals surface area (Å²) in [5.74, 6) is -0.429. The van der Waals surface area contributed by atoms with Gasteiger partial charge in [0.15, 0.2) is 6.10 Å². The number of hydrogen-bond donors (Lipinski definition) is 0. The summed E-state index contributed by atoms with van der Waals surface area (Å²) in [6.07, 6.45) is 78.6. The standard InChI is InChI=1S/C63H108O5/c1-4-7-10-13-16-19-22-25-27-29-31-33-35-37-40-43-46-49-52-55-58-66-59-61(68-63(65)57-54-51-48-45-42-38-24-21-18-15-12-9-6-3)60-67-62(64)56-53-50-47-44-41-39-36-34-32-30-28-26-23-20-17-14-11-8-5-2/h7,10,12,15-16,19,21,24-28,31,33,37,40,61H,4-6,8-9,11,13-14,17-18,20,22-23,29-30,32,34-36,38-39,41-60H2,1-3H3/b10-7-,15-12-,19-16-,24-21-,27-25-,28-26-,33-31-,40-37-. The maximum atomic E-state index is 12.8. The van der Waals surface area contributed by atoms with Gasteiger partial charge in [0.25, 0.3) is 0 Å². The van der Waals surface area contributed by atoms with Crippen LogP contribution in [-0.2, 0) is 23.8 Å². The molecule has 0 amide bonds. The van der Waals surface area contributed by atoms with Crippen LogP contribution in [0.4, 0.5) is 0 Å². The average molecular weight is 946 g/mol. The van der Waals surface area contributed by atoms with Crippen molar-refractivity contribution in [2.45, 2.75) is 271 Å². The summed E-state index contributed by atoms with van der Waals surface area (Å²) in [5.41, 5.74) is 0. The highest BCUT2D eigenvalue weighted by atomic mass is 16.6. The average Bonchev–Trinajstić information content (AvgIpc) is 3.34. The molecule has 0 spiro atoms. The third kappa shape index (κ3) is 55.4. The maximum absolute atomic E-state index is 12.8. The minimum absolute atomic E-state index is 0.0641. The zero-order valence-corrected chi connectivity index (χ0v) is 44.8. The number of unbranched alkanes of at least 4 members (excludes halogenated alkanes) is 25. The van der Waals surface area contributed by atoms with Crippen molar-refractivity contribution >= 4 is 11.9 Å². The third-order valence-electron chi connectivity index (χ3n) is 12.1. The van der Waals surface area contributed by atoms with Gasteiger partial charge in [0.2, 0.25) is 0 Å². The molecule has 0 aromatic rings. The molecular weight excluding hydrogens is 837 g/mol. The minimum Gasteiger partial charge on any atom is -0.462 e. The normalized spacial score (nSPS) is 12.9. The Balaban J connectivity index is 4.32. The van der Waals surface area contributed by atoms with Crippen LogP contribution in [0.5, 0.6) is 0 Å². The number of rotatable bonds is 52. The summed E-state index contributed by atoms with van der Waals surface area (Å²) < 4.78 is 17.4. The van der Waals surface area contributed by atoms with Gasteiger partial charge < -0.3 is 14.2 Å². The lowest BCUT2D eigenvalue weighted by atomic mass is 10.1. The fourth-order valence-electron chi connectivity index (χ4n) is 7.80. The van der Waals surface area contributed by atoms with E-state index >= 15 is 0 Å². The Labute approximate surface area is 422 Å². The predicted molar refractivity (Wildman–Crippen MR) is 297 cm³/mol. The fraction of sp³-hybridized carbons (Fsp3) is 0.714. The minimum atomic E-state index is -0.563. The van der Waals surface area contributed by atoms with Crippen molar-refractivity contribution in [2.75, 3.05) is 19.8 Å². The Kier molecular flexibility index (Phi) is 55.4. The summed E-state index contributed by atoms with van der Waals surface area (Å²) in [7, 11) is 0. The quantitative estimate of drug-likeness (QED) is 0.0345. The molecule has 0 fully saturated rings. The molecule has 0 aliphatic rings. The molecule has 0 radical (unpaired) electrons. The highest BCUT2D eigenvalue weighted by Crippen LogP contribution is 2.14. The van der Waals surface area contributed by atoms with Crippen LogP contribution in [-0.4, -0.2) is 37.9 Å². The van der Waals surface area contributed by atoms with Crippen molar-refractivity contribution in [3.05, 3.63) is 97.2 Å². The molecule has 1 atom stereocenters. The van der Waals surface area contributed by atoms with Crippen molar-refractivity contribution in [3.63, 3.8) is 0 Å². The van der Waals surface area contributed by atoms with E-state index in [0.29, 0.717) is 19.4 Å². The van der Waals surface area contributed by atoms with Crippen LogP contribution >= 0.6 is 0 Å². The van der Waals surface area contributed by atoms with E-state index in [4.69, 9.17) is 14.2 Å². The van der Waals surface area contributed by atoms with Gasteiger partial charge in [-0.1, -0.05) is 234 Å². The van der Waals surface area contributed by atoms with E-state index in [0.717, 1.165) is 103 Å². The molecule has 0 rings (SSSR count). The lowest BCUT2D eigenvalue weighted by molar-refractivity contribution is -0.163. The Hall–Kier alpha value is -3.18. The third-order valence-corrected chi connectivity index (χ3v) is 12.1. The molecular formula is C63H108O5. The maximum Gasteiger partial charge on any atom is 0.306 e. The number of esters is 2. The SMILES string of the molecule is CC/C=C\C/C=C\C/C=C\C/C=C\C/C=C\CCCCCCOCC(COC(=O)CCCCCCCCCCC/C=C\CCCCCCCC)OC(=O)CCCCCCC/C=C\C/C=C\CCC. The summed E-state index contributed by atoms with van der Waals surface area (Å²) >= 11 is 0. The predicted octanol–water partition coefficient (Wildman–Crippen LogP) is 19.8. The molecule has 0 N–H and O–H groups in total. The lowest BCUT2D eigenvalue weighted by Crippen LogP contribution is -2.30. The van der Waals surface area contributed by atoms with Gasteiger partial charge in [-0.05, 0) is 116 Å². The van der Waals surface area contributed by atoms with E-state index in [-0.39, 0.29) is 25.2 Å². The van der Waals surface area contributed by atoms with Crippen LogP contribution in [0, 0.1) is 0 Å². The molecule has 390 valence electrons. The molecule has 5 nitrogen and oxygen atoms in total. The van der Waals surface area contributed by atoms with Gasteiger partial charge in [0, 0.05) is 19.4 Å². The molecule has 0 aliphatic carbocycles. The molecule has 0 aliphatic heterocycles. The Morgan fingerprint density at radius 3 is 1.13 bits per heavy atom. The number of ether oxygens (including phenoxy) is 3. The van der Waals surface area contributed by atoms with E-state index in [1.165, 1.54) is 128 Å². The molecule has 0 aromatic carbocycles. The number of allylic oxidation sites excluding steroid dienone is 16. The summed E-state index contributed by atoms with van der Waals surface area (Å²) in [6.45, 7) is 7.59. The molecule has 0 aromatic heterocycles. The van der Waals surface area contributed by atoms with Gasteiger partial charge >= 0.3 is 11.9 Å². The molecule has 0 saturated heterocycles. The van der Waals surface area contributed by atoms with Gasteiger partial charge in [0.05, 0.1) is 6.61 Å². The van der Waals surface area contributed by atoms with Crippen LogP contribution in [0.25, 0.3) is 0 Å². The summed E-state index contributed by atoms with van der Waals surface area (Å²) in [4.78, 5) is 25.5. The lowest BCUT2D eigenvalue weighted by Gasteiger charge is -2.18. The number of hydrogen-bond acceptors (Lipinski definition) is 5. The number of carbonyl (C=O) groups is 2. The van der Waals surface area contributed by atoms with Crippen molar-refractivity contribution < 1.29 is 23.8 Å². The Bertz CT molecular complexity index is 1300. The van der Waals surface area contributed by atoms with Gasteiger partial charge in [-0.25, -0.2) is 0 Å². The molecule has 0 heterocycles. The summed E-state index contributed by atoms with van der Waals surface area (Å²) in [6, 6.07) is 0. The highest BCUT2D eigenvalue weighted by Gasteiger charge is 2.17. The molecule has 1 unspecified atom stereocenters. The fourth-order valence-corrected chi connectivity index (χ4v) is 7.80. The zero-order chi connectivity index (χ0) is 49.2. The van der Waals surface area contributed by atoms with Gasteiger partial charge in [-0.3, -0.25) is 9.59 Å². The van der Waals surface area contributed by atoms with Gasteiger partial charge in [0.1, 0.15) is 6.61 Å². The van der Waals surface area contributed by atoms with Crippen molar-refractivity contribution in [2.24, 2.45) is 0 Å². The highest BCUT2D eigenvalue weighted by molar-refractivity contribution is 5.70. The monoisotopic (exact) mass is 945 g/mol. The smallest absolute Gasteiger partial charge is 0.306 e. The Morgan fingerprint density at radius 2 is 0.691 bits per heavy atom. The Morgan fingerprint density at radius 1 is 0.338 bits per heavy atom. The first kappa shape index (κ1) is 64.8. The van der Waals surface area contributed by atoms with Crippen molar-refractivity contribution in [1.29, 1.82) is 0 Å². The first-order chi connectivity index (χ1) is 33.6. The second-order valence-electron chi connectivity index (χ2n) is 18.8. The molecule has 0 bridgehead atoms. The second-order valence-corrected chi connectivity index (χ2v) is 18.8. The number of carbonyl (C=O) groups excluding carboxylic acids is 2. The van der Waals surface area contributed by atoms with Crippen molar-refractivity contribution in [1.82, 2.24) is 0 Å². The van der Waals surface area contributed by atoms with E-state index in [1.54, 1.807) is 0 Å². The van der Waals surface area contributed by atoms with Gasteiger partial charge in [-0.2, -0.15) is 0 Å². The van der Waals surface area contributed by atoms with Crippen LogP contribution in [0.2, 0.25) is 0 Å². The molecule has 0 saturated carbocycles. The summed E-state index contributed by atoms with van der Waals surface area (Å²) in [5, 5.41) is 0. The van der Waals surface area contributed by atoms with Crippen LogP contribution in [0.1, 0.15) is 265 Å². The van der Waals surface area contributed by atoms with Crippen molar-refractivity contribution in [3.8, 4) is 0 Å². The van der Waals surface area contributed by atoms with E-state index < -0.39 is 6.10 Å². The van der Waals surface area contributed by atoms with E-state index in [9.17, 15) is 9.59 Å². The van der Waals surface area contributed by atoms with Crippen LogP contribution < -0.4 is 0 Å². The molecule has 5 heteroatoms. The van der Waals surface area contributed by atoms with E-state index in [2.05, 4.69) is 118 Å². The van der Waals surface area contributed by atoms with Crippen LogP contribution in [0.3, 0.4) is 0 Å². The second kappa shape index (κ2) is 58.1. The largest absolute Gasteiger partial charge is 0.462 e. The van der Waals surface area contributed by atoms with Gasteiger partial charge in [-0.15, -0.1) is 0 Å². The van der Waals surface area contributed by atoms with Crippen LogP contribution in [0.15, 0.2) is 97.2 Å². The zero-order valence-electron chi connectivity index (χ0n) is 44.8. The topological polar surface area (TPSA) is 61.8 Å².